The molecule has 0 spiro atoms. The fraction of sp³-hybridized carbons (Fsp3) is 0.600. The molecular formula is C5H9N3. The third kappa shape index (κ3) is 0.327. The Kier molecular flexibility index (Phi) is 0.615. The molecule has 0 atom stereocenters. The lowest BCUT2D eigenvalue weighted by Crippen LogP contribution is -2.55. The average molecular weight is 111 g/mol. The van der Waals surface area contributed by atoms with Gasteiger partial charge in [-0.1, -0.05) is 0 Å². The lowest BCUT2D eigenvalue weighted by molar-refractivity contribution is -0.167. The van der Waals surface area contributed by atoms with Gasteiger partial charge in [0.15, 0.2) is 0 Å². The molecule has 0 radical (unpaired) electrons. The van der Waals surface area contributed by atoms with Gasteiger partial charge in [-0.25, -0.2) is 0 Å². The fourth-order valence-corrected chi connectivity index (χ4v) is 1.05. The van der Waals surface area contributed by atoms with Crippen LogP contribution in [0.1, 0.15) is 0 Å². The summed E-state index contributed by atoms with van der Waals surface area (Å²) < 4.78 is 0. The number of rotatable bonds is 0. The zero-order chi connectivity index (χ0) is 5.56. The highest BCUT2D eigenvalue weighted by Gasteiger charge is 2.28. The van der Waals surface area contributed by atoms with Crippen molar-refractivity contribution in [3.05, 3.63) is 12.4 Å². The van der Waals surface area contributed by atoms with Gasteiger partial charge in [-0.15, -0.1) is 5.12 Å². The smallest absolute Gasteiger partial charge is 0.0584 e. The van der Waals surface area contributed by atoms with Crippen LogP contribution < -0.4 is 0 Å². The predicted molar refractivity (Wildman–Crippen MR) is 30.3 cm³/mol. The van der Waals surface area contributed by atoms with Gasteiger partial charge in [0.1, 0.15) is 0 Å². The van der Waals surface area contributed by atoms with E-state index in [1.807, 2.05) is 0 Å². The van der Waals surface area contributed by atoms with E-state index in [2.05, 4.69) is 34.6 Å². The van der Waals surface area contributed by atoms with Crippen molar-refractivity contribution in [1.29, 1.82) is 0 Å². The molecule has 0 aliphatic carbocycles. The molecule has 0 amide bonds. The molecule has 2 aliphatic rings. The SMILES string of the molecule is CN1C=CN2CCN12. The molecule has 1 fully saturated rings. The summed E-state index contributed by atoms with van der Waals surface area (Å²) in [6, 6.07) is 0. The molecule has 0 aromatic rings. The third-order valence-corrected chi connectivity index (χ3v) is 1.64. The topological polar surface area (TPSA) is 9.72 Å². The monoisotopic (exact) mass is 111 g/mol. The Morgan fingerprint density at radius 2 is 2.12 bits per heavy atom. The van der Waals surface area contributed by atoms with Gasteiger partial charge in [0.2, 0.25) is 0 Å². The Hall–Kier alpha value is -0.700. The molecular weight excluding hydrogens is 102 g/mol. The quantitative estimate of drug-likeness (QED) is 0.430. The van der Waals surface area contributed by atoms with Crippen molar-refractivity contribution in [3.63, 3.8) is 0 Å². The molecule has 0 unspecified atom stereocenters. The van der Waals surface area contributed by atoms with Crippen LogP contribution >= 0.6 is 0 Å². The molecule has 1 saturated heterocycles. The van der Waals surface area contributed by atoms with Gasteiger partial charge < -0.3 is 0 Å². The fourth-order valence-electron chi connectivity index (χ4n) is 1.05. The van der Waals surface area contributed by atoms with Crippen LogP contribution in [0, 0.1) is 0 Å². The van der Waals surface area contributed by atoms with E-state index in [-0.39, 0.29) is 0 Å². The molecule has 0 bridgehead atoms. The van der Waals surface area contributed by atoms with Crippen molar-refractivity contribution >= 4 is 0 Å². The summed E-state index contributed by atoms with van der Waals surface area (Å²) in [6.45, 7) is 2.35. The zero-order valence-corrected chi connectivity index (χ0v) is 4.91. The van der Waals surface area contributed by atoms with Crippen LogP contribution in [0.15, 0.2) is 12.4 Å². The van der Waals surface area contributed by atoms with Gasteiger partial charge in [0.05, 0.1) is 13.1 Å². The van der Waals surface area contributed by atoms with Gasteiger partial charge in [0, 0.05) is 19.4 Å². The van der Waals surface area contributed by atoms with Gasteiger partial charge in [0.25, 0.3) is 0 Å². The van der Waals surface area contributed by atoms with Crippen molar-refractivity contribution in [2.75, 3.05) is 20.1 Å². The average Bonchev–Trinajstić information content (AvgIpc) is 1.80. The molecule has 0 aromatic heterocycles. The van der Waals surface area contributed by atoms with E-state index < -0.39 is 0 Å². The first-order valence-electron chi connectivity index (χ1n) is 2.83. The van der Waals surface area contributed by atoms with Crippen LogP contribution in [0.5, 0.6) is 0 Å². The summed E-state index contributed by atoms with van der Waals surface area (Å²) >= 11 is 0. The van der Waals surface area contributed by atoms with E-state index in [9.17, 15) is 0 Å². The highest BCUT2D eigenvalue weighted by Crippen LogP contribution is 2.17. The lowest BCUT2D eigenvalue weighted by atomic mass is 10.5. The maximum Gasteiger partial charge on any atom is 0.0584 e. The van der Waals surface area contributed by atoms with Gasteiger partial charge in [-0.2, -0.15) is 0 Å². The van der Waals surface area contributed by atoms with Crippen molar-refractivity contribution in [1.82, 2.24) is 15.1 Å². The molecule has 0 aromatic carbocycles. The molecule has 2 aliphatic heterocycles. The van der Waals surface area contributed by atoms with Crippen LogP contribution in [-0.2, 0) is 0 Å². The Balaban J connectivity index is 2.14. The van der Waals surface area contributed by atoms with E-state index in [1.165, 1.54) is 13.1 Å². The summed E-state index contributed by atoms with van der Waals surface area (Å²) in [6.07, 6.45) is 4.15. The van der Waals surface area contributed by atoms with E-state index in [4.69, 9.17) is 0 Å². The maximum atomic E-state index is 2.18. The van der Waals surface area contributed by atoms with Crippen molar-refractivity contribution < 1.29 is 0 Å². The largest absolute Gasteiger partial charge is 0.297 e. The summed E-state index contributed by atoms with van der Waals surface area (Å²) in [5.41, 5.74) is 0. The number of fused-ring (bicyclic) bond motifs is 1. The first-order chi connectivity index (χ1) is 3.88. The standard InChI is InChI=1S/C5H9N3/c1-6-2-3-7-4-5-8(6)7/h2-3H,4-5H2,1H3. The van der Waals surface area contributed by atoms with Crippen molar-refractivity contribution in [2.24, 2.45) is 0 Å². The van der Waals surface area contributed by atoms with Crippen LogP contribution in [0.3, 0.4) is 0 Å². The first-order valence-corrected chi connectivity index (χ1v) is 2.83. The Labute approximate surface area is 48.7 Å². The van der Waals surface area contributed by atoms with E-state index in [0.29, 0.717) is 0 Å². The molecule has 3 heteroatoms. The van der Waals surface area contributed by atoms with Crippen molar-refractivity contribution in [2.45, 2.75) is 0 Å². The van der Waals surface area contributed by atoms with E-state index >= 15 is 0 Å². The Bertz CT molecular complexity index is 124. The number of hydrazine groups is 2. The molecule has 0 N–H and O–H groups in total. The lowest BCUT2D eigenvalue weighted by Gasteiger charge is -2.42. The molecule has 44 valence electrons. The second-order valence-electron chi connectivity index (χ2n) is 2.13. The van der Waals surface area contributed by atoms with E-state index in [1.54, 1.807) is 0 Å². The first kappa shape index (κ1) is 4.21. The Morgan fingerprint density at radius 3 is 2.38 bits per heavy atom. The second kappa shape index (κ2) is 1.17. The van der Waals surface area contributed by atoms with Crippen LogP contribution in [0.2, 0.25) is 0 Å². The summed E-state index contributed by atoms with van der Waals surface area (Å²) in [7, 11) is 2.05. The van der Waals surface area contributed by atoms with Gasteiger partial charge in [-0.05, 0) is 0 Å². The summed E-state index contributed by atoms with van der Waals surface area (Å²) in [4.78, 5) is 0. The molecule has 2 rings (SSSR count). The van der Waals surface area contributed by atoms with Crippen molar-refractivity contribution in [3.8, 4) is 0 Å². The minimum Gasteiger partial charge on any atom is -0.297 e. The summed E-state index contributed by atoms with van der Waals surface area (Å²) in [5, 5.41) is 6.45. The van der Waals surface area contributed by atoms with E-state index in [0.717, 1.165) is 0 Å². The highest BCUT2D eigenvalue weighted by atomic mass is 15.9. The molecule has 3 nitrogen and oxygen atoms in total. The van der Waals surface area contributed by atoms with Crippen LogP contribution in [0.25, 0.3) is 0 Å². The van der Waals surface area contributed by atoms with Gasteiger partial charge >= 0.3 is 0 Å². The van der Waals surface area contributed by atoms with Crippen LogP contribution in [-0.4, -0.2) is 35.3 Å². The number of hydrogen-bond donors (Lipinski definition) is 0. The third-order valence-electron chi connectivity index (χ3n) is 1.64. The zero-order valence-electron chi connectivity index (χ0n) is 4.91. The summed E-state index contributed by atoms with van der Waals surface area (Å²) in [5.74, 6) is 0. The minimum absolute atomic E-state index is 1.17. The van der Waals surface area contributed by atoms with Gasteiger partial charge in [-0.3, -0.25) is 10.0 Å². The molecule has 8 heavy (non-hydrogen) atoms. The van der Waals surface area contributed by atoms with Crippen LogP contribution in [0.4, 0.5) is 0 Å². The number of hydrogen-bond acceptors (Lipinski definition) is 3. The normalized spacial score (nSPS) is 26.1. The highest BCUT2D eigenvalue weighted by molar-refractivity contribution is 4.91. The maximum absolute atomic E-state index is 2.18. The minimum atomic E-state index is 1.17. The second-order valence-corrected chi connectivity index (χ2v) is 2.13. The predicted octanol–water partition coefficient (Wildman–Crippen LogP) is -0.149. The molecule has 0 saturated carbocycles. The number of nitrogens with zero attached hydrogens (tertiary/aromatic N) is 3. The molecule has 2 heterocycles. The Morgan fingerprint density at radius 1 is 1.25 bits per heavy atom.